The molecule has 3 fully saturated rings. The van der Waals surface area contributed by atoms with Crippen LogP contribution in [-0.4, -0.2) is 49.7 Å². The maximum absolute atomic E-state index is 5.61. The van der Waals surface area contributed by atoms with Gasteiger partial charge in [-0.05, 0) is 61.7 Å². The second kappa shape index (κ2) is 6.77. The molecule has 4 aromatic rings. The zero-order valence-corrected chi connectivity index (χ0v) is 16.1. The highest BCUT2D eigenvalue weighted by Crippen LogP contribution is 2.38. The quantitative estimate of drug-likeness (QED) is 0.536. The van der Waals surface area contributed by atoms with E-state index in [1.807, 2.05) is 41.1 Å². The van der Waals surface area contributed by atoms with E-state index < -0.39 is 0 Å². The van der Waals surface area contributed by atoms with Crippen LogP contribution in [0.1, 0.15) is 30.1 Å². The molecule has 146 valence electrons. The fourth-order valence-electron chi connectivity index (χ4n) is 4.72. The van der Waals surface area contributed by atoms with Crippen molar-refractivity contribution in [2.75, 3.05) is 19.6 Å². The van der Waals surface area contributed by atoms with Crippen LogP contribution in [0.2, 0.25) is 0 Å². The summed E-state index contributed by atoms with van der Waals surface area (Å²) < 4.78 is 7.53. The van der Waals surface area contributed by atoms with Crippen molar-refractivity contribution in [3.8, 4) is 11.5 Å². The average Bonchev–Trinajstić information content (AvgIpc) is 3.43. The van der Waals surface area contributed by atoms with E-state index >= 15 is 0 Å². The predicted molar refractivity (Wildman–Crippen MR) is 108 cm³/mol. The summed E-state index contributed by atoms with van der Waals surface area (Å²) in [4.78, 5) is 7.25. The molecular formula is C22H22N6O. The van der Waals surface area contributed by atoms with Gasteiger partial charge in [0.1, 0.15) is 5.52 Å². The largest absolute Gasteiger partial charge is 0.334 e. The summed E-state index contributed by atoms with van der Waals surface area (Å²) in [6, 6.07) is 16.3. The first-order valence-electron chi connectivity index (χ1n) is 10.3. The fraction of sp³-hybridized carbons (Fsp3) is 0.364. The Bertz CT molecular complexity index is 1140. The molecule has 0 aliphatic carbocycles. The molecule has 0 amide bonds. The van der Waals surface area contributed by atoms with E-state index in [2.05, 4.69) is 32.5 Å². The molecule has 0 spiro atoms. The van der Waals surface area contributed by atoms with Crippen molar-refractivity contribution in [3.63, 3.8) is 0 Å². The molecule has 7 heteroatoms. The van der Waals surface area contributed by atoms with E-state index in [4.69, 9.17) is 9.51 Å². The average molecular weight is 386 g/mol. The zero-order valence-electron chi connectivity index (χ0n) is 16.1. The van der Waals surface area contributed by atoms with Crippen LogP contribution in [0, 0.1) is 5.92 Å². The topological polar surface area (TPSA) is 72.9 Å². The Kier molecular flexibility index (Phi) is 3.94. The second-order valence-electron chi connectivity index (χ2n) is 8.13. The highest BCUT2D eigenvalue weighted by Gasteiger charge is 2.37. The van der Waals surface area contributed by atoms with E-state index in [0.29, 0.717) is 24.3 Å². The molecular weight excluding hydrogens is 364 g/mol. The third kappa shape index (κ3) is 3.02. The Morgan fingerprint density at radius 1 is 1.00 bits per heavy atom. The third-order valence-corrected chi connectivity index (χ3v) is 6.38. The van der Waals surface area contributed by atoms with Gasteiger partial charge in [0.25, 0.3) is 5.89 Å². The Labute approximate surface area is 168 Å². The van der Waals surface area contributed by atoms with Crippen LogP contribution >= 0.6 is 0 Å². The first-order valence-corrected chi connectivity index (χ1v) is 10.3. The summed E-state index contributed by atoms with van der Waals surface area (Å²) in [6.07, 6.45) is 2.50. The van der Waals surface area contributed by atoms with Crippen LogP contribution in [0.25, 0.3) is 22.5 Å². The summed E-state index contributed by atoms with van der Waals surface area (Å²) in [5.41, 5.74) is 4.06. The van der Waals surface area contributed by atoms with Crippen molar-refractivity contribution in [2.24, 2.45) is 5.92 Å². The van der Waals surface area contributed by atoms with Gasteiger partial charge in [-0.3, -0.25) is 0 Å². The number of benzene rings is 2. The Morgan fingerprint density at radius 3 is 2.62 bits per heavy atom. The van der Waals surface area contributed by atoms with Crippen LogP contribution in [0.3, 0.4) is 0 Å². The Hall–Kier alpha value is -3.06. The molecule has 5 heterocycles. The van der Waals surface area contributed by atoms with Crippen molar-refractivity contribution >= 4 is 11.0 Å². The zero-order chi connectivity index (χ0) is 19.2. The highest BCUT2D eigenvalue weighted by molar-refractivity contribution is 5.73. The Morgan fingerprint density at radius 2 is 1.83 bits per heavy atom. The molecule has 3 aliphatic heterocycles. The highest BCUT2D eigenvalue weighted by atomic mass is 16.5. The van der Waals surface area contributed by atoms with Crippen molar-refractivity contribution in [1.82, 2.24) is 30.0 Å². The standard InChI is InChI=1S/C22H22N6O/c1-2-4-20-19(3-1)24-26-28(20)13-15-5-7-17(8-6-15)22-23-21(25-29-22)18-14-27-11-9-16(18)10-12-27/h1-8,16,18H,9-14H2. The number of para-hydroxylation sites is 1. The lowest BCUT2D eigenvalue weighted by Gasteiger charge is -2.43. The molecule has 0 radical (unpaired) electrons. The molecule has 3 aliphatic rings. The van der Waals surface area contributed by atoms with Gasteiger partial charge in [0, 0.05) is 18.0 Å². The van der Waals surface area contributed by atoms with Crippen molar-refractivity contribution in [2.45, 2.75) is 25.3 Å². The maximum Gasteiger partial charge on any atom is 0.257 e. The van der Waals surface area contributed by atoms with Gasteiger partial charge in [0.05, 0.1) is 12.1 Å². The smallest absolute Gasteiger partial charge is 0.257 e. The number of rotatable bonds is 4. The number of piperidine rings is 3. The summed E-state index contributed by atoms with van der Waals surface area (Å²) in [7, 11) is 0. The third-order valence-electron chi connectivity index (χ3n) is 6.38. The maximum atomic E-state index is 5.61. The van der Waals surface area contributed by atoms with E-state index in [0.717, 1.165) is 34.5 Å². The number of hydrogen-bond acceptors (Lipinski definition) is 6. The summed E-state index contributed by atoms with van der Waals surface area (Å²) in [5, 5.41) is 12.8. The molecule has 0 N–H and O–H groups in total. The number of nitrogens with zero attached hydrogens (tertiary/aromatic N) is 6. The van der Waals surface area contributed by atoms with Crippen LogP contribution in [0.5, 0.6) is 0 Å². The van der Waals surface area contributed by atoms with E-state index in [-0.39, 0.29) is 0 Å². The number of fused-ring (bicyclic) bond motifs is 4. The first-order chi connectivity index (χ1) is 14.3. The van der Waals surface area contributed by atoms with Gasteiger partial charge in [0.15, 0.2) is 5.82 Å². The van der Waals surface area contributed by atoms with Crippen molar-refractivity contribution < 1.29 is 4.52 Å². The molecule has 2 aromatic heterocycles. The monoisotopic (exact) mass is 386 g/mol. The fourth-order valence-corrected chi connectivity index (χ4v) is 4.72. The second-order valence-corrected chi connectivity index (χ2v) is 8.13. The SMILES string of the molecule is c1ccc2c(c1)nnn2Cc1ccc(-c2nc(C3CN4CCC3CC4)no2)cc1. The minimum Gasteiger partial charge on any atom is -0.334 e. The van der Waals surface area contributed by atoms with Gasteiger partial charge in [-0.15, -0.1) is 5.10 Å². The van der Waals surface area contributed by atoms with Gasteiger partial charge in [0.2, 0.25) is 0 Å². The van der Waals surface area contributed by atoms with Gasteiger partial charge in [-0.2, -0.15) is 4.98 Å². The molecule has 2 bridgehead atoms. The van der Waals surface area contributed by atoms with Gasteiger partial charge in [-0.1, -0.05) is 34.6 Å². The van der Waals surface area contributed by atoms with Crippen molar-refractivity contribution in [3.05, 3.63) is 59.9 Å². The Balaban J connectivity index is 1.21. The predicted octanol–water partition coefficient (Wildman–Crippen LogP) is 3.34. The molecule has 1 atom stereocenters. The van der Waals surface area contributed by atoms with Gasteiger partial charge < -0.3 is 9.42 Å². The normalized spacial score (nSPS) is 23.7. The summed E-state index contributed by atoms with van der Waals surface area (Å²) in [5.74, 6) is 2.59. The lowest BCUT2D eigenvalue weighted by atomic mass is 9.79. The molecule has 7 rings (SSSR count). The van der Waals surface area contributed by atoms with E-state index in [1.54, 1.807) is 0 Å². The molecule has 29 heavy (non-hydrogen) atoms. The summed E-state index contributed by atoms with van der Waals surface area (Å²) in [6.45, 7) is 4.17. The minimum absolute atomic E-state index is 0.412. The molecule has 2 aromatic carbocycles. The minimum atomic E-state index is 0.412. The lowest BCUT2D eigenvalue weighted by Crippen LogP contribution is -2.46. The van der Waals surface area contributed by atoms with Crippen LogP contribution in [0.4, 0.5) is 0 Å². The van der Waals surface area contributed by atoms with Gasteiger partial charge in [-0.25, -0.2) is 4.68 Å². The lowest BCUT2D eigenvalue weighted by molar-refractivity contribution is 0.0825. The molecule has 3 saturated heterocycles. The van der Waals surface area contributed by atoms with Crippen LogP contribution in [-0.2, 0) is 6.54 Å². The van der Waals surface area contributed by atoms with E-state index in [9.17, 15) is 0 Å². The van der Waals surface area contributed by atoms with E-state index in [1.165, 1.54) is 25.9 Å². The summed E-state index contributed by atoms with van der Waals surface area (Å²) >= 11 is 0. The van der Waals surface area contributed by atoms with Crippen molar-refractivity contribution in [1.29, 1.82) is 0 Å². The van der Waals surface area contributed by atoms with Gasteiger partial charge >= 0.3 is 0 Å². The van der Waals surface area contributed by atoms with Crippen LogP contribution < -0.4 is 0 Å². The molecule has 1 unspecified atom stereocenters. The molecule has 7 nitrogen and oxygen atoms in total. The number of hydrogen-bond donors (Lipinski definition) is 0. The first kappa shape index (κ1) is 16.9. The van der Waals surface area contributed by atoms with Crippen LogP contribution in [0.15, 0.2) is 53.1 Å². The molecule has 0 saturated carbocycles. The number of aromatic nitrogens is 5.